The van der Waals surface area contributed by atoms with Gasteiger partial charge in [-0.25, -0.2) is 14.3 Å². The zero-order valence-electron chi connectivity index (χ0n) is 7.92. The average molecular weight is 203 g/mol. The highest BCUT2D eigenvalue weighted by Gasteiger charge is 2.26. The van der Waals surface area contributed by atoms with Crippen LogP contribution in [0.4, 0.5) is 4.79 Å². The summed E-state index contributed by atoms with van der Waals surface area (Å²) in [7, 11) is 0. The van der Waals surface area contributed by atoms with E-state index in [9.17, 15) is 4.79 Å². The lowest BCUT2D eigenvalue weighted by molar-refractivity contribution is 0.197. The molecule has 1 aliphatic carbocycles. The summed E-state index contributed by atoms with van der Waals surface area (Å²) in [6.07, 6.45) is 4.46. The van der Waals surface area contributed by atoms with Crippen molar-refractivity contribution in [3.63, 3.8) is 0 Å². The third-order valence-electron chi connectivity index (χ3n) is 2.61. The number of hydrogen-bond donors (Lipinski definition) is 1. The van der Waals surface area contributed by atoms with E-state index in [1.165, 1.54) is 6.20 Å². The van der Waals surface area contributed by atoms with Gasteiger partial charge in [0.25, 0.3) is 0 Å². The Morgan fingerprint density at radius 3 is 3.00 bits per heavy atom. The van der Waals surface area contributed by atoms with Crippen molar-refractivity contribution in [3.05, 3.63) is 24.2 Å². The Labute approximate surface area is 85.4 Å². The lowest BCUT2D eigenvalue weighted by Gasteiger charge is -1.99. The van der Waals surface area contributed by atoms with Crippen molar-refractivity contribution in [2.75, 3.05) is 0 Å². The molecule has 1 aliphatic rings. The van der Waals surface area contributed by atoms with Gasteiger partial charge in [-0.2, -0.15) is 0 Å². The van der Waals surface area contributed by atoms with Crippen LogP contribution in [0.3, 0.4) is 0 Å². The Morgan fingerprint density at radius 1 is 1.53 bits per heavy atom. The second-order valence-electron chi connectivity index (χ2n) is 3.75. The highest BCUT2D eigenvalue weighted by atomic mass is 16.4. The van der Waals surface area contributed by atoms with E-state index < -0.39 is 6.09 Å². The Morgan fingerprint density at radius 2 is 2.33 bits per heavy atom. The van der Waals surface area contributed by atoms with Gasteiger partial charge in [0.1, 0.15) is 5.52 Å². The van der Waals surface area contributed by atoms with Crippen LogP contribution in [-0.4, -0.2) is 25.7 Å². The molecule has 0 radical (unpaired) electrons. The van der Waals surface area contributed by atoms with E-state index in [0.29, 0.717) is 17.1 Å². The van der Waals surface area contributed by atoms with Crippen molar-refractivity contribution in [2.24, 2.45) is 0 Å². The molecule has 5 heteroatoms. The normalized spacial score (nSPS) is 15.7. The van der Waals surface area contributed by atoms with Gasteiger partial charge in [0.2, 0.25) is 0 Å². The molecule has 5 nitrogen and oxygen atoms in total. The van der Waals surface area contributed by atoms with Crippen molar-refractivity contribution in [3.8, 4) is 0 Å². The number of rotatable bonds is 1. The van der Waals surface area contributed by atoms with Crippen LogP contribution < -0.4 is 0 Å². The van der Waals surface area contributed by atoms with Crippen LogP contribution in [0, 0.1) is 0 Å². The highest BCUT2D eigenvalue weighted by Crippen LogP contribution is 2.38. The fraction of sp³-hybridized carbons (Fsp3) is 0.300. The predicted octanol–water partition coefficient (Wildman–Crippen LogP) is 1.83. The van der Waals surface area contributed by atoms with E-state index in [0.717, 1.165) is 23.1 Å². The van der Waals surface area contributed by atoms with E-state index in [2.05, 4.69) is 9.97 Å². The van der Waals surface area contributed by atoms with Gasteiger partial charge < -0.3 is 5.11 Å². The molecule has 0 aliphatic heterocycles. The summed E-state index contributed by atoms with van der Waals surface area (Å²) >= 11 is 0. The third kappa shape index (κ3) is 1.27. The van der Waals surface area contributed by atoms with Gasteiger partial charge in [-0.3, -0.25) is 4.98 Å². The van der Waals surface area contributed by atoms with Gasteiger partial charge in [-0.05, 0) is 18.9 Å². The minimum absolute atomic E-state index is 0.437. The zero-order valence-corrected chi connectivity index (χ0v) is 7.92. The topological polar surface area (TPSA) is 68.0 Å². The number of hydrogen-bond acceptors (Lipinski definition) is 3. The first-order chi connectivity index (χ1) is 7.25. The fourth-order valence-corrected chi connectivity index (χ4v) is 1.64. The van der Waals surface area contributed by atoms with Crippen LogP contribution in [0.1, 0.15) is 24.5 Å². The van der Waals surface area contributed by atoms with Crippen molar-refractivity contribution in [1.29, 1.82) is 0 Å². The summed E-state index contributed by atoms with van der Waals surface area (Å²) in [4.78, 5) is 19.4. The summed E-state index contributed by atoms with van der Waals surface area (Å²) in [5.41, 5.74) is 1.97. The van der Waals surface area contributed by atoms with Gasteiger partial charge in [0, 0.05) is 18.3 Å². The summed E-state index contributed by atoms with van der Waals surface area (Å²) in [5.74, 6) is 0.485. The highest BCUT2D eigenvalue weighted by molar-refractivity contribution is 5.83. The van der Waals surface area contributed by atoms with Crippen LogP contribution in [0.25, 0.3) is 11.2 Å². The van der Waals surface area contributed by atoms with E-state index >= 15 is 0 Å². The third-order valence-corrected chi connectivity index (χ3v) is 2.61. The SMILES string of the molecule is O=C(O)n1ccc2ncc(C3CC3)nc21. The molecule has 2 heterocycles. The molecule has 0 unspecified atom stereocenters. The molecule has 0 amide bonds. The van der Waals surface area contributed by atoms with Crippen LogP contribution in [0.2, 0.25) is 0 Å². The summed E-state index contributed by atoms with van der Waals surface area (Å²) in [6, 6.07) is 1.66. The first-order valence-corrected chi connectivity index (χ1v) is 4.83. The van der Waals surface area contributed by atoms with Crippen LogP contribution in [-0.2, 0) is 0 Å². The number of carbonyl (C=O) groups is 1. The minimum atomic E-state index is -1.02. The fourth-order valence-electron chi connectivity index (χ4n) is 1.64. The molecule has 0 saturated heterocycles. The van der Waals surface area contributed by atoms with Crippen molar-refractivity contribution in [2.45, 2.75) is 18.8 Å². The quantitative estimate of drug-likeness (QED) is 0.767. The number of fused-ring (bicyclic) bond motifs is 1. The van der Waals surface area contributed by atoms with Gasteiger partial charge in [0.05, 0.1) is 5.69 Å². The Balaban J connectivity index is 2.21. The summed E-state index contributed by atoms with van der Waals surface area (Å²) in [5, 5.41) is 8.91. The second kappa shape index (κ2) is 2.79. The maximum atomic E-state index is 10.9. The Kier molecular flexibility index (Phi) is 1.56. The number of aromatic nitrogens is 3. The molecule has 15 heavy (non-hydrogen) atoms. The molecule has 1 N–H and O–H groups in total. The summed E-state index contributed by atoms with van der Waals surface area (Å²) in [6.45, 7) is 0. The van der Waals surface area contributed by atoms with Crippen LogP contribution in [0.5, 0.6) is 0 Å². The molecule has 1 fully saturated rings. The zero-order chi connectivity index (χ0) is 10.4. The van der Waals surface area contributed by atoms with E-state index in [4.69, 9.17) is 5.11 Å². The van der Waals surface area contributed by atoms with Crippen molar-refractivity contribution >= 4 is 17.3 Å². The first kappa shape index (κ1) is 8.40. The molecule has 2 aromatic heterocycles. The smallest absolute Gasteiger partial charge is 0.417 e. The lowest BCUT2D eigenvalue weighted by atomic mass is 10.3. The molecule has 0 atom stereocenters. The molecule has 76 valence electrons. The predicted molar refractivity (Wildman–Crippen MR) is 52.9 cm³/mol. The first-order valence-electron chi connectivity index (χ1n) is 4.83. The average Bonchev–Trinajstić information content (AvgIpc) is 2.97. The molecule has 0 spiro atoms. The van der Waals surface area contributed by atoms with Gasteiger partial charge in [-0.1, -0.05) is 0 Å². The van der Waals surface area contributed by atoms with E-state index in [-0.39, 0.29) is 0 Å². The number of carboxylic acid groups (broad SMARTS) is 1. The largest absolute Gasteiger partial charge is 0.464 e. The van der Waals surface area contributed by atoms with Crippen LogP contribution in [0.15, 0.2) is 18.5 Å². The molecule has 0 aromatic carbocycles. The maximum Gasteiger partial charge on any atom is 0.417 e. The van der Waals surface area contributed by atoms with E-state index in [1.54, 1.807) is 12.3 Å². The minimum Gasteiger partial charge on any atom is -0.464 e. The molecule has 0 bridgehead atoms. The lowest BCUT2D eigenvalue weighted by Crippen LogP contribution is -2.07. The standard InChI is InChI=1S/C10H9N3O2/c14-10(15)13-4-3-7-9(13)12-8(5-11-7)6-1-2-6/h3-6H,1-2H2,(H,14,15). The molecular formula is C10H9N3O2. The van der Waals surface area contributed by atoms with Gasteiger partial charge >= 0.3 is 6.09 Å². The molecule has 3 rings (SSSR count). The number of nitrogens with zero attached hydrogens (tertiary/aromatic N) is 3. The van der Waals surface area contributed by atoms with Crippen molar-refractivity contribution < 1.29 is 9.90 Å². The van der Waals surface area contributed by atoms with Crippen molar-refractivity contribution in [1.82, 2.24) is 14.5 Å². The van der Waals surface area contributed by atoms with Gasteiger partial charge in [-0.15, -0.1) is 0 Å². The monoisotopic (exact) mass is 203 g/mol. The second-order valence-corrected chi connectivity index (χ2v) is 3.75. The van der Waals surface area contributed by atoms with E-state index in [1.807, 2.05) is 0 Å². The molecule has 2 aromatic rings. The molecule has 1 saturated carbocycles. The maximum absolute atomic E-state index is 10.9. The van der Waals surface area contributed by atoms with Crippen LogP contribution >= 0.6 is 0 Å². The van der Waals surface area contributed by atoms with Gasteiger partial charge in [0.15, 0.2) is 5.65 Å². The molecular weight excluding hydrogens is 194 g/mol. The Hall–Kier alpha value is -1.91. The Bertz CT molecular complexity index is 543. The summed E-state index contributed by atoms with van der Waals surface area (Å²) < 4.78 is 1.11.